The highest BCUT2D eigenvalue weighted by atomic mass is 28.4. The van der Waals surface area contributed by atoms with E-state index in [0.29, 0.717) is 0 Å². The molecule has 0 nitrogen and oxygen atoms in total. The highest BCUT2D eigenvalue weighted by Crippen LogP contribution is 2.27. The lowest BCUT2D eigenvalue weighted by molar-refractivity contribution is 1.44. The number of hydrogen-bond acceptors (Lipinski definition) is 0. The van der Waals surface area contributed by atoms with Crippen molar-refractivity contribution in [3.05, 3.63) is 0 Å². The molecule has 92 valence electrons. The Morgan fingerprint density at radius 2 is 0.933 bits per heavy atom. The van der Waals surface area contributed by atoms with E-state index in [2.05, 4.69) is 52.4 Å². The standard InChI is InChI=1S/C11H32Si4/c1-12(2)9-14(5,6)11-15(7,8)10-13(3)4/h12-13H,9-11H2,1-8H3. The summed E-state index contributed by atoms with van der Waals surface area (Å²) in [4.78, 5) is 0. The molecule has 0 saturated heterocycles. The van der Waals surface area contributed by atoms with Gasteiger partial charge in [0.1, 0.15) is 0 Å². The van der Waals surface area contributed by atoms with Crippen LogP contribution in [0.2, 0.25) is 69.4 Å². The summed E-state index contributed by atoms with van der Waals surface area (Å²) in [5.41, 5.74) is 5.03. The molecule has 0 atom stereocenters. The van der Waals surface area contributed by atoms with E-state index in [4.69, 9.17) is 0 Å². The molecule has 0 aromatic carbocycles. The first-order valence-electron chi connectivity index (χ1n) is 6.54. The zero-order chi connectivity index (χ0) is 12.3. The maximum atomic E-state index is 2.65. The quantitative estimate of drug-likeness (QED) is 0.644. The molecule has 0 aliphatic rings. The first-order valence-corrected chi connectivity index (χ1v) is 19.6. The van der Waals surface area contributed by atoms with Crippen molar-refractivity contribution in [1.29, 1.82) is 0 Å². The summed E-state index contributed by atoms with van der Waals surface area (Å²) < 4.78 is 0. The fraction of sp³-hybridized carbons (Fsp3) is 1.00. The molecule has 4 heteroatoms. The van der Waals surface area contributed by atoms with Gasteiger partial charge in [0.2, 0.25) is 0 Å². The molecule has 0 aliphatic carbocycles. The van der Waals surface area contributed by atoms with Crippen molar-refractivity contribution >= 4 is 33.7 Å². The van der Waals surface area contributed by atoms with Crippen LogP contribution in [0.25, 0.3) is 0 Å². The summed E-state index contributed by atoms with van der Waals surface area (Å²) in [5, 5.41) is 0. The van der Waals surface area contributed by atoms with Gasteiger partial charge in [0.05, 0.1) is 0 Å². The van der Waals surface area contributed by atoms with Crippen molar-refractivity contribution in [3.63, 3.8) is 0 Å². The minimum Gasteiger partial charge on any atom is -0.0724 e. The Morgan fingerprint density at radius 3 is 1.13 bits per heavy atom. The van der Waals surface area contributed by atoms with Crippen LogP contribution in [0.5, 0.6) is 0 Å². The predicted octanol–water partition coefficient (Wildman–Crippen LogP) is 3.99. The van der Waals surface area contributed by atoms with Crippen molar-refractivity contribution in [3.8, 4) is 0 Å². The lowest BCUT2D eigenvalue weighted by Crippen LogP contribution is -2.43. The second kappa shape index (κ2) is 5.98. The first-order chi connectivity index (χ1) is 6.54. The third kappa shape index (κ3) is 8.65. The maximum Gasteiger partial charge on any atom is 0.0418 e. The summed E-state index contributed by atoms with van der Waals surface area (Å²) in [6, 6.07) is 0. The van der Waals surface area contributed by atoms with Crippen molar-refractivity contribution in [2.75, 3.05) is 0 Å². The van der Waals surface area contributed by atoms with Crippen molar-refractivity contribution in [2.45, 2.75) is 69.4 Å². The van der Waals surface area contributed by atoms with Gasteiger partial charge in [-0.15, -0.1) is 0 Å². The summed E-state index contributed by atoms with van der Waals surface area (Å²) in [6.07, 6.45) is 0. The average Bonchev–Trinajstić information content (AvgIpc) is 1.73. The van der Waals surface area contributed by atoms with E-state index < -0.39 is 16.1 Å². The van der Waals surface area contributed by atoms with E-state index in [1.54, 1.807) is 17.0 Å². The molecule has 0 fully saturated rings. The van der Waals surface area contributed by atoms with Gasteiger partial charge in [0.25, 0.3) is 0 Å². The normalized spacial score (nSPS) is 14.0. The fourth-order valence-corrected chi connectivity index (χ4v) is 35.4. The molecule has 15 heavy (non-hydrogen) atoms. The van der Waals surface area contributed by atoms with Crippen LogP contribution in [0.1, 0.15) is 0 Å². The second-order valence-corrected chi connectivity index (χ2v) is 26.6. The molecule has 0 heterocycles. The van der Waals surface area contributed by atoms with Gasteiger partial charge in [0.15, 0.2) is 0 Å². The van der Waals surface area contributed by atoms with Gasteiger partial charge in [-0.05, 0) is 0 Å². The molecule has 0 radical (unpaired) electrons. The van der Waals surface area contributed by atoms with Crippen LogP contribution in [0.15, 0.2) is 0 Å². The Hall–Kier alpha value is 0.868. The Bertz CT molecular complexity index is 165. The minimum absolute atomic E-state index is 0.325. The number of hydrogen-bond donors (Lipinski definition) is 0. The van der Waals surface area contributed by atoms with Gasteiger partial charge in [-0.2, -0.15) is 0 Å². The SMILES string of the molecule is C[SiH](C)C[Si](C)(C)C[Si](C)(C)C[SiH](C)C. The summed E-state index contributed by atoms with van der Waals surface area (Å²) in [7, 11) is -2.30. The fourth-order valence-electron chi connectivity index (χ4n) is 3.65. The zero-order valence-corrected chi connectivity index (χ0v) is 16.6. The first kappa shape index (κ1) is 15.9. The van der Waals surface area contributed by atoms with Crippen LogP contribution in [0.3, 0.4) is 0 Å². The van der Waals surface area contributed by atoms with Crippen LogP contribution in [0, 0.1) is 0 Å². The van der Waals surface area contributed by atoms with E-state index in [1.165, 1.54) is 0 Å². The van der Waals surface area contributed by atoms with Crippen molar-refractivity contribution < 1.29 is 0 Å². The van der Waals surface area contributed by atoms with Crippen LogP contribution >= 0.6 is 0 Å². The zero-order valence-electron chi connectivity index (χ0n) is 12.3. The summed E-state index contributed by atoms with van der Waals surface area (Å²) in [5.74, 6) is 0. The lowest BCUT2D eigenvalue weighted by Gasteiger charge is -2.34. The van der Waals surface area contributed by atoms with Crippen LogP contribution in [0.4, 0.5) is 0 Å². The Morgan fingerprint density at radius 1 is 0.667 bits per heavy atom. The molecule has 0 aromatic heterocycles. The van der Waals surface area contributed by atoms with Gasteiger partial charge in [-0.3, -0.25) is 0 Å². The lowest BCUT2D eigenvalue weighted by atomic mass is 11.7. The Balaban J connectivity index is 4.29. The van der Waals surface area contributed by atoms with E-state index in [1.807, 2.05) is 0 Å². The molecule has 0 saturated carbocycles. The predicted molar refractivity (Wildman–Crippen MR) is 87.1 cm³/mol. The monoisotopic (exact) mass is 276 g/mol. The Kier molecular flexibility index (Phi) is 6.32. The third-order valence-electron chi connectivity index (χ3n) is 2.88. The number of rotatable bonds is 6. The molecule has 0 rings (SSSR count). The molecular formula is C11H32Si4. The molecular weight excluding hydrogens is 244 g/mol. The topological polar surface area (TPSA) is 0 Å². The van der Waals surface area contributed by atoms with Gasteiger partial charge >= 0.3 is 0 Å². The summed E-state index contributed by atoms with van der Waals surface area (Å²) in [6.45, 7) is 20.7. The van der Waals surface area contributed by atoms with Gasteiger partial charge in [-0.1, -0.05) is 69.4 Å². The summed E-state index contributed by atoms with van der Waals surface area (Å²) >= 11 is 0. The van der Waals surface area contributed by atoms with Gasteiger partial charge < -0.3 is 0 Å². The highest BCUT2D eigenvalue weighted by Gasteiger charge is 2.32. The average molecular weight is 277 g/mol. The van der Waals surface area contributed by atoms with Crippen LogP contribution in [-0.2, 0) is 0 Å². The molecule has 0 unspecified atom stereocenters. The Labute approximate surface area is 103 Å². The molecule has 0 aliphatic heterocycles. The van der Waals surface area contributed by atoms with Crippen LogP contribution < -0.4 is 0 Å². The van der Waals surface area contributed by atoms with E-state index in [-0.39, 0.29) is 17.6 Å². The van der Waals surface area contributed by atoms with Gasteiger partial charge in [-0.25, -0.2) is 0 Å². The van der Waals surface area contributed by atoms with E-state index in [9.17, 15) is 0 Å². The van der Waals surface area contributed by atoms with Crippen molar-refractivity contribution in [2.24, 2.45) is 0 Å². The maximum absolute atomic E-state index is 2.65. The largest absolute Gasteiger partial charge is 0.0724 e. The molecule has 0 amide bonds. The van der Waals surface area contributed by atoms with Gasteiger partial charge in [0, 0.05) is 33.7 Å². The minimum atomic E-state index is -0.823. The molecule has 0 aromatic rings. The van der Waals surface area contributed by atoms with E-state index in [0.717, 1.165) is 0 Å². The third-order valence-corrected chi connectivity index (χ3v) is 25.9. The molecule has 0 bridgehead atoms. The van der Waals surface area contributed by atoms with Crippen LogP contribution in [-0.4, -0.2) is 33.7 Å². The highest BCUT2D eigenvalue weighted by molar-refractivity contribution is 7.01. The smallest absolute Gasteiger partial charge is 0.0418 e. The van der Waals surface area contributed by atoms with Crippen molar-refractivity contribution in [1.82, 2.24) is 0 Å². The molecule has 0 N–H and O–H groups in total. The molecule has 0 spiro atoms. The second-order valence-electron chi connectivity index (χ2n) is 7.70. The van der Waals surface area contributed by atoms with E-state index >= 15 is 0 Å².